The van der Waals surface area contributed by atoms with Gasteiger partial charge in [0.05, 0.1) is 38.0 Å². The van der Waals surface area contributed by atoms with Crippen LogP contribution < -0.4 is 5.32 Å². The van der Waals surface area contributed by atoms with Gasteiger partial charge in [-0.1, -0.05) is 36.8 Å². The molecule has 2 aromatic carbocycles. The number of nitrogens with one attached hydrogen (secondary N) is 1. The highest BCUT2D eigenvalue weighted by atomic mass is 32.1. The first-order chi connectivity index (χ1) is 29.0. The number of aliphatic hydroxyl groups is 1. The Morgan fingerprint density at radius 1 is 0.984 bits per heavy atom. The van der Waals surface area contributed by atoms with Crippen molar-refractivity contribution in [3.05, 3.63) is 99.3 Å². The maximum absolute atomic E-state index is 13.6. The largest absolute Gasteiger partial charge is 0.433 e. The number of carbonyl (C=O) groups is 4. The molecule has 5 aliphatic rings. The minimum Gasteiger partial charge on any atom is -0.386 e. The van der Waals surface area contributed by atoms with Gasteiger partial charge in [0.15, 0.2) is 5.78 Å². The van der Waals surface area contributed by atoms with Gasteiger partial charge in [-0.3, -0.25) is 29.0 Å². The second kappa shape index (κ2) is 15.5. The van der Waals surface area contributed by atoms with E-state index in [2.05, 4.69) is 21.8 Å². The number of thiazole rings is 1. The molecule has 14 heteroatoms. The molecule has 3 saturated carbocycles. The van der Waals surface area contributed by atoms with E-state index in [9.17, 15) is 37.5 Å². The number of pyridine rings is 1. The summed E-state index contributed by atoms with van der Waals surface area (Å²) in [7, 11) is 0. The number of halogens is 3. The Morgan fingerprint density at radius 2 is 1.72 bits per heavy atom. The molecule has 1 spiro atoms. The lowest BCUT2D eigenvalue weighted by atomic mass is 9.56. The average Bonchev–Trinajstić information content (AvgIpc) is 3.71. The molecule has 1 saturated heterocycles. The van der Waals surface area contributed by atoms with Crippen molar-refractivity contribution >= 4 is 50.7 Å². The first-order valence-electron chi connectivity index (χ1n) is 21.4. The molecule has 1 unspecified atom stereocenters. The van der Waals surface area contributed by atoms with E-state index < -0.39 is 29.4 Å². The van der Waals surface area contributed by atoms with Crippen molar-refractivity contribution in [3.63, 3.8) is 0 Å². The molecule has 9 rings (SSSR count). The van der Waals surface area contributed by atoms with Crippen molar-refractivity contribution < 1.29 is 37.5 Å². The van der Waals surface area contributed by atoms with Crippen molar-refractivity contribution in [2.24, 2.45) is 11.3 Å². The number of Topliss-reactive ketones (excluding diaryl/α,β-unsaturated/α-hetero) is 1. The molecule has 61 heavy (non-hydrogen) atoms. The number of alkyl halides is 3. The molecule has 4 aromatic rings. The Labute approximate surface area is 356 Å². The maximum Gasteiger partial charge on any atom is 0.433 e. The van der Waals surface area contributed by atoms with Crippen LogP contribution in [0.15, 0.2) is 60.7 Å². The molecule has 2 N–H and O–H groups in total. The van der Waals surface area contributed by atoms with Crippen molar-refractivity contribution in [1.82, 2.24) is 19.8 Å². The van der Waals surface area contributed by atoms with Gasteiger partial charge in [0, 0.05) is 42.7 Å². The molecule has 10 nitrogen and oxygen atoms in total. The van der Waals surface area contributed by atoms with Gasteiger partial charge in [0.1, 0.15) is 11.4 Å². The second-order valence-corrected chi connectivity index (χ2v) is 19.7. The van der Waals surface area contributed by atoms with Gasteiger partial charge in [0.2, 0.25) is 0 Å². The number of fused-ring (bicyclic) bond motifs is 2. The van der Waals surface area contributed by atoms with Crippen LogP contribution in [0.1, 0.15) is 143 Å². The lowest BCUT2D eigenvalue weighted by molar-refractivity contribution is -0.141. The molecular weight excluding hydrogens is 804 g/mol. The number of hydrogen-bond donors (Lipinski definition) is 2. The molecule has 3 amide bonds. The van der Waals surface area contributed by atoms with Crippen LogP contribution in [0.25, 0.3) is 10.2 Å². The second-order valence-electron chi connectivity index (χ2n) is 18.7. The van der Waals surface area contributed by atoms with Gasteiger partial charge in [-0.25, -0.2) is 9.97 Å². The van der Waals surface area contributed by atoms with E-state index in [1.54, 1.807) is 43.4 Å². The van der Waals surface area contributed by atoms with E-state index in [0.29, 0.717) is 64.0 Å². The van der Waals surface area contributed by atoms with Gasteiger partial charge in [0.25, 0.3) is 17.7 Å². The summed E-state index contributed by atoms with van der Waals surface area (Å²) in [5, 5.41) is 14.7. The van der Waals surface area contributed by atoms with Crippen LogP contribution in [-0.4, -0.2) is 73.6 Å². The Hall–Kier alpha value is -4.79. The van der Waals surface area contributed by atoms with Crippen molar-refractivity contribution in [2.45, 2.75) is 121 Å². The van der Waals surface area contributed by atoms with E-state index in [0.717, 1.165) is 91.0 Å². The molecule has 0 bridgehead atoms. The third kappa shape index (κ3) is 7.95. The van der Waals surface area contributed by atoms with Crippen molar-refractivity contribution in [1.29, 1.82) is 0 Å². The molecule has 2 aliphatic heterocycles. The minimum absolute atomic E-state index is 0.106. The highest BCUT2D eigenvalue weighted by Gasteiger charge is 2.53. The molecule has 320 valence electrons. The summed E-state index contributed by atoms with van der Waals surface area (Å²) >= 11 is 1.55. The Kier molecular flexibility index (Phi) is 10.6. The summed E-state index contributed by atoms with van der Waals surface area (Å²) in [6.45, 7) is 9.36. The highest BCUT2D eigenvalue weighted by molar-refractivity contribution is 7.18. The topological polar surface area (TPSA) is 133 Å². The number of ketones is 1. The standard InChI is InChI=1S/C47H50F3N5O5S/c1-26-13-18-36(37(56)19-26)55-43(58)31-10-5-9-28(40(31)44(55)59)8-4-7-27-22-46(23-27)24-54(25-46)30-16-14-29(15-17-30)42-53-35-20-32(45(2,3)60)34(21-38(35)61-42)52-41(57)33-11-6-12-39(51-33)47(48,49)50/h5-6,9-12,20-21,27,29-30,36,60H,1,4,7-8,13-19,22-25H2,2-3H3,(H,52,57). The van der Waals surface area contributed by atoms with Gasteiger partial charge in [-0.2, -0.15) is 13.2 Å². The van der Waals surface area contributed by atoms with Crippen LogP contribution in [0.5, 0.6) is 0 Å². The van der Waals surface area contributed by atoms with E-state index in [4.69, 9.17) is 4.98 Å². The van der Waals surface area contributed by atoms with E-state index in [-0.39, 0.29) is 29.7 Å². The molecule has 3 aliphatic carbocycles. The zero-order valence-corrected chi connectivity index (χ0v) is 35.3. The SMILES string of the molecule is C=C1CCC(N2C(=O)c3cccc(CCCC4CC5(C4)CN(C4CCC(c6nc7cc(C(C)(C)O)c(NC(=O)c8cccc(C(F)(F)F)n8)cc7s6)CC4)C5)c3C2=O)C(=O)C1. The number of hydrogen-bond acceptors (Lipinski definition) is 9. The number of allylic oxidation sites excluding steroid dienone is 1. The van der Waals surface area contributed by atoms with Gasteiger partial charge in [-0.15, -0.1) is 11.3 Å². The van der Waals surface area contributed by atoms with Crippen LogP contribution in [0, 0.1) is 11.3 Å². The minimum atomic E-state index is -4.69. The maximum atomic E-state index is 13.6. The number of nitrogens with zero attached hydrogens (tertiary/aromatic N) is 4. The van der Waals surface area contributed by atoms with Gasteiger partial charge >= 0.3 is 6.18 Å². The number of rotatable bonds is 10. The third-order valence-electron chi connectivity index (χ3n) is 13.8. The van der Waals surface area contributed by atoms with Crippen LogP contribution in [0.3, 0.4) is 0 Å². The van der Waals surface area contributed by atoms with E-state index in [1.807, 2.05) is 12.1 Å². The van der Waals surface area contributed by atoms with E-state index in [1.165, 1.54) is 23.8 Å². The summed E-state index contributed by atoms with van der Waals surface area (Å²) in [6, 6.07) is 12.0. The van der Waals surface area contributed by atoms with Crippen molar-refractivity contribution in [3.8, 4) is 0 Å². The summed E-state index contributed by atoms with van der Waals surface area (Å²) in [5.41, 5.74) is 1.59. The number of aryl methyl sites for hydroxylation is 1. The zero-order valence-electron chi connectivity index (χ0n) is 34.4. The lowest BCUT2D eigenvalue weighted by Crippen LogP contribution is -2.65. The fourth-order valence-corrected chi connectivity index (χ4v) is 11.9. The molecule has 1 atom stereocenters. The molecule has 0 radical (unpaired) electrons. The number of likely N-dealkylation sites (tertiary alicyclic amines) is 1. The zero-order chi connectivity index (χ0) is 43.0. The van der Waals surface area contributed by atoms with Crippen LogP contribution >= 0.6 is 11.3 Å². The summed E-state index contributed by atoms with van der Waals surface area (Å²) in [4.78, 5) is 65.1. The van der Waals surface area contributed by atoms with Crippen LogP contribution in [0.2, 0.25) is 0 Å². The average molecular weight is 854 g/mol. The molecule has 4 fully saturated rings. The monoisotopic (exact) mass is 853 g/mol. The number of anilines is 1. The van der Waals surface area contributed by atoms with Crippen LogP contribution in [-0.2, 0) is 23.0 Å². The smallest absolute Gasteiger partial charge is 0.386 e. The summed E-state index contributed by atoms with van der Waals surface area (Å²) in [5.74, 6) is -0.626. The quantitative estimate of drug-likeness (QED) is 0.119. The number of imide groups is 1. The predicted molar refractivity (Wildman–Crippen MR) is 225 cm³/mol. The van der Waals surface area contributed by atoms with Crippen molar-refractivity contribution in [2.75, 3.05) is 18.4 Å². The number of benzene rings is 2. The number of carbonyl (C=O) groups excluding carboxylic acids is 4. The highest BCUT2D eigenvalue weighted by Crippen LogP contribution is 2.55. The third-order valence-corrected chi connectivity index (χ3v) is 15.0. The number of amides is 3. The lowest BCUT2D eigenvalue weighted by Gasteiger charge is -2.62. The normalized spacial score (nSPS) is 23.4. The molecule has 4 heterocycles. The van der Waals surface area contributed by atoms with E-state index >= 15 is 0 Å². The Balaban J connectivity index is 0.755. The molecule has 2 aromatic heterocycles. The van der Waals surface area contributed by atoms with Gasteiger partial charge < -0.3 is 10.4 Å². The summed E-state index contributed by atoms with van der Waals surface area (Å²) in [6.07, 6.45) is 6.06. The Morgan fingerprint density at radius 3 is 2.43 bits per heavy atom. The predicted octanol–water partition coefficient (Wildman–Crippen LogP) is 9.22. The first kappa shape index (κ1) is 41.6. The molecular formula is C47H50F3N5O5S. The van der Waals surface area contributed by atoms with Gasteiger partial charge in [-0.05, 0) is 125 Å². The van der Waals surface area contributed by atoms with Crippen LogP contribution in [0.4, 0.5) is 18.9 Å². The first-order valence-corrected chi connectivity index (χ1v) is 22.2. The Bertz CT molecular complexity index is 2450. The summed E-state index contributed by atoms with van der Waals surface area (Å²) < 4.78 is 40.6. The fraction of sp³-hybridized carbons (Fsp3) is 0.489. The fourth-order valence-electron chi connectivity index (χ4n) is 10.7. The number of aromatic nitrogens is 2.